The molecule has 1 aromatic carbocycles. The van der Waals surface area contributed by atoms with Crippen molar-refractivity contribution in [2.75, 3.05) is 0 Å². The summed E-state index contributed by atoms with van der Waals surface area (Å²) in [4.78, 5) is 12.1. The molecule has 3 rings (SSSR count). The topological polar surface area (TPSA) is 67.4 Å². The van der Waals surface area contributed by atoms with Crippen molar-refractivity contribution in [3.63, 3.8) is 0 Å². The van der Waals surface area contributed by atoms with Crippen molar-refractivity contribution in [3.8, 4) is 11.6 Å². The number of aliphatic hydroxyl groups is 1. The van der Waals surface area contributed by atoms with E-state index in [2.05, 4.69) is 0 Å². The van der Waals surface area contributed by atoms with Gasteiger partial charge in [-0.3, -0.25) is 4.57 Å². The lowest BCUT2D eigenvalue weighted by atomic mass is 10.2. The normalized spacial score (nSPS) is 18.3. The van der Waals surface area contributed by atoms with Gasteiger partial charge in [-0.15, -0.1) is 0 Å². The van der Waals surface area contributed by atoms with E-state index in [1.54, 1.807) is 24.3 Å². The van der Waals surface area contributed by atoms with Crippen LogP contribution in [0.2, 0.25) is 0 Å². The molecule has 1 aromatic heterocycles. The second-order valence-corrected chi connectivity index (χ2v) is 4.19. The predicted octanol–water partition coefficient (Wildman–Crippen LogP) is 0.262. The number of imidazole rings is 1. The number of benzene rings is 1. The van der Waals surface area contributed by atoms with Gasteiger partial charge in [0.1, 0.15) is 0 Å². The first kappa shape index (κ1) is 10.2. The summed E-state index contributed by atoms with van der Waals surface area (Å²) in [5, 5.41) is 19.5. The minimum Gasteiger partial charge on any atom is -0.493 e. The van der Waals surface area contributed by atoms with Crippen molar-refractivity contribution in [1.29, 1.82) is 0 Å². The molecule has 1 atom stereocenters. The molecule has 0 radical (unpaired) electrons. The molecule has 0 saturated heterocycles. The molecule has 1 aliphatic heterocycles. The van der Waals surface area contributed by atoms with Crippen LogP contribution in [0.25, 0.3) is 5.69 Å². The van der Waals surface area contributed by atoms with Crippen LogP contribution in [0.5, 0.6) is 5.88 Å². The van der Waals surface area contributed by atoms with Crippen molar-refractivity contribution in [2.24, 2.45) is 0 Å². The SMILES string of the molecule is O=c1n2c(c(O)n1-c1ccccc1)C[C@@H](O)C2. The van der Waals surface area contributed by atoms with Crippen LogP contribution in [0.4, 0.5) is 0 Å². The van der Waals surface area contributed by atoms with E-state index >= 15 is 0 Å². The smallest absolute Gasteiger partial charge is 0.336 e. The Morgan fingerprint density at radius 1 is 1.24 bits per heavy atom. The van der Waals surface area contributed by atoms with Gasteiger partial charge in [-0.2, -0.15) is 0 Å². The van der Waals surface area contributed by atoms with Gasteiger partial charge in [0.15, 0.2) is 0 Å². The molecule has 88 valence electrons. The highest BCUT2D eigenvalue weighted by Crippen LogP contribution is 2.25. The number of para-hydroxylation sites is 1. The van der Waals surface area contributed by atoms with Crippen LogP contribution >= 0.6 is 0 Å². The zero-order valence-corrected chi connectivity index (χ0v) is 9.08. The maximum atomic E-state index is 12.1. The van der Waals surface area contributed by atoms with Crippen LogP contribution in [0.1, 0.15) is 5.69 Å². The summed E-state index contributed by atoms with van der Waals surface area (Å²) >= 11 is 0. The largest absolute Gasteiger partial charge is 0.493 e. The highest BCUT2D eigenvalue weighted by molar-refractivity contribution is 5.39. The number of hydrogen-bond donors (Lipinski definition) is 2. The molecule has 0 unspecified atom stereocenters. The van der Waals surface area contributed by atoms with Crippen molar-refractivity contribution < 1.29 is 10.2 Å². The number of aromatic hydroxyl groups is 1. The fourth-order valence-corrected chi connectivity index (χ4v) is 2.27. The maximum absolute atomic E-state index is 12.1. The Balaban J connectivity index is 2.22. The zero-order valence-electron chi connectivity index (χ0n) is 9.08. The molecule has 17 heavy (non-hydrogen) atoms. The van der Waals surface area contributed by atoms with E-state index in [1.807, 2.05) is 6.07 Å². The number of nitrogens with zero attached hydrogens (tertiary/aromatic N) is 2. The van der Waals surface area contributed by atoms with Gasteiger partial charge in [0, 0.05) is 6.42 Å². The summed E-state index contributed by atoms with van der Waals surface area (Å²) in [6.07, 6.45) is -0.255. The lowest BCUT2D eigenvalue weighted by Crippen LogP contribution is -2.24. The molecule has 0 fully saturated rings. The third-order valence-corrected chi connectivity index (χ3v) is 3.05. The summed E-state index contributed by atoms with van der Waals surface area (Å²) in [6.45, 7) is 0.252. The summed E-state index contributed by atoms with van der Waals surface area (Å²) in [6, 6.07) is 8.97. The molecule has 0 amide bonds. The average molecular weight is 232 g/mol. The number of hydrogen-bond acceptors (Lipinski definition) is 3. The monoisotopic (exact) mass is 232 g/mol. The van der Waals surface area contributed by atoms with E-state index in [0.717, 1.165) is 0 Å². The van der Waals surface area contributed by atoms with E-state index in [0.29, 0.717) is 17.8 Å². The lowest BCUT2D eigenvalue weighted by Gasteiger charge is -2.04. The predicted molar refractivity (Wildman–Crippen MR) is 61.4 cm³/mol. The Bertz CT molecular complexity index is 613. The fraction of sp³-hybridized carbons (Fsp3) is 0.250. The third-order valence-electron chi connectivity index (χ3n) is 3.05. The Morgan fingerprint density at radius 2 is 1.94 bits per heavy atom. The zero-order chi connectivity index (χ0) is 12.0. The molecule has 0 bridgehead atoms. The average Bonchev–Trinajstić information content (AvgIpc) is 2.81. The summed E-state index contributed by atoms with van der Waals surface area (Å²) in [7, 11) is 0. The minimum absolute atomic E-state index is 0.0715. The first-order valence-corrected chi connectivity index (χ1v) is 5.45. The third kappa shape index (κ3) is 1.39. The van der Waals surface area contributed by atoms with Crippen LogP contribution in [0, 0.1) is 0 Å². The van der Waals surface area contributed by atoms with Crippen LogP contribution in [-0.2, 0) is 13.0 Å². The van der Waals surface area contributed by atoms with Crippen LogP contribution in [0.3, 0.4) is 0 Å². The van der Waals surface area contributed by atoms with Gasteiger partial charge in [-0.05, 0) is 12.1 Å². The molecule has 0 aliphatic carbocycles. The van der Waals surface area contributed by atoms with Crippen LogP contribution < -0.4 is 5.69 Å². The van der Waals surface area contributed by atoms with Crippen LogP contribution in [0.15, 0.2) is 35.1 Å². The van der Waals surface area contributed by atoms with E-state index in [1.165, 1.54) is 9.13 Å². The van der Waals surface area contributed by atoms with Gasteiger partial charge in [-0.1, -0.05) is 18.2 Å². The van der Waals surface area contributed by atoms with E-state index < -0.39 is 6.10 Å². The summed E-state index contributed by atoms with van der Waals surface area (Å²) in [5.74, 6) is -0.0715. The molecule has 1 aliphatic rings. The molecule has 0 spiro atoms. The first-order chi connectivity index (χ1) is 8.18. The molecular weight excluding hydrogens is 220 g/mol. The highest BCUT2D eigenvalue weighted by Gasteiger charge is 2.28. The highest BCUT2D eigenvalue weighted by atomic mass is 16.3. The second kappa shape index (κ2) is 3.49. The molecule has 2 aromatic rings. The standard InChI is InChI=1S/C12H12N2O3/c15-9-6-10-11(16)14(12(17)13(10)7-9)8-4-2-1-3-5-8/h1-5,9,15-16H,6-7H2/t9-/m1/s1. The maximum Gasteiger partial charge on any atom is 0.336 e. The lowest BCUT2D eigenvalue weighted by molar-refractivity contribution is 0.173. The molecule has 2 N–H and O–H groups in total. The van der Waals surface area contributed by atoms with Crippen molar-refractivity contribution in [1.82, 2.24) is 9.13 Å². The van der Waals surface area contributed by atoms with Crippen molar-refractivity contribution in [2.45, 2.75) is 19.1 Å². The van der Waals surface area contributed by atoms with Gasteiger partial charge in [0.25, 0.3) is 0 Å². The second-order valence-electron chi connectivity index (χ2n) is 4.19. The Hall–Kier alpha value is -2.01. The number of aromatic nitrogens is 2. The van der Waals surface area contributed by atoms with Crippen molar-refractivity contribution in [3.05, 3.63) is 46.5 Å². The van der Waals surface area contributed by atoms with Gasteiger partial charge in [0.05, 0.1) is 24.0 Å². The van der Waals surface area contributed by atoms with E-state index in [-0.39, 0.29) is 18.1 Å². The first-order valence-electron chi connectivity index (χ1n) is 5.45. The Kier molecular flexibility index (Phi) is 2.09. The fourth-order valence-electron chi connectivity index (χ4n) is 2.27. The van der Waals surface area contributed by atoms with E-state index in [9.17, 15) is 15.0 Å². The van der Waals surface area contributed by atoms with Gasteiger partial charge >= 0.3 is 5.69 Å². The molecule has 0 saturated carbocycles. The van der Waals surface area contributed by atoms with Gasteiger partial charge in [0.2, 0.25) is 5.88 Å². The molecule has 5 nitrogen and oxygen atoms in total. The Labute approximate surface area is 97.2 Å². The Morgan fingerprint density at radius 3 is 2.59 bits per heavy atom. The summed E-state index contributed by atoms with van der Waals surface area (Å²) < 4.78 is 2.69. The summed E-state index contributed by atoms with van der Waals surface area (Å²) in [5.41, 5.74) is 0.831. The van der Waals surface area contributed by atoms with Crippen LogP contribution in [-0.4, -0.2) is 25.5 Å². The molecule has 5 heteroatoms. The van der Waals surface area contributed by atoms with Gasteiger partial charge in [-0.25, -0.2) is 9.36 Å². The van der Waals surface area contributed by atoms with Crippen molar-refractivity contribution >= 4 is 0 Å². The number of fused-ring (bicyclic) bond motifs is 1. The van der Waals surface area contributed by atoms with Gasteiger partial charge < -0.3 is 10.2 Å². The minimum atomic E-state index is -0.575. The molecule has 2 heterocycles. The quantitative estimate of drug-likeness (QED) is 0.741. The van der Waals surface area contributed by atoms with E-state index in [4.69, 9.17) is 0 Å². The number of rotatable bonds is 1. The molecular formula is C12H12N2O3. The number of aliphatic hydroxyl groups excluding tert-OH is 1.